The topological polar surface area (TPSA) is 64.0 Å². The van der Waals surface area contributed by atoms with Crippen molar-refractivity contribution >= 4 is 16.8 Å². The van der Waals surface area contributed by atoms with Gasteiger partial charge in [0.15, 0.2) is 0 Å². The SMILES string of the molecule is CC(NC(=O)c1ccc2c(=O)n3c(nc2c1)CCCCC3)c1ccc(F)cc1F. The van der Waals surface area contributed by atoms with Gasteiger partial charge in [0, 0.05) is 30.2 Å². The van der Waals surface area contributed by atoms with Gasteiger partial charge in [0.2, 0.25) is 0 Å². The predicted octanol–water partition coefficient (Wildman–Crippen LogP) is 3.89. The van der Waals surface area contributed by atoms with E-state index < -0.39 is 23.6 Å². The first kappa shape index (κ1) is 19.2. The Morgan fingerprint density at radius 2 is 1.97 bits per heavy atom. The molecule has 2 aromatic carbocycles. The molecular formula is C22H21F2N3O2. The van der Waals surface area contributed by atoms with E-state index in [0.29, 0.717) is 23.0 Å². The number of halogens is 2. The molecule has 1 atom stereocenters. The summed E-state index contributed by atoms with van der Waals surface area (Å²) in [6, 6.07) is 7.37. The molecule has 5 nitrogen and oxygen atoms in total. The van der Waals surface area contributed by atoms with E-state index in [-0.39, 0.29) is 11.1 Å². The zero-order chi connectivity index (χ0) is 20.5. The number of hydrogen-bond acceptors (Lipinski definition) is 3. The summed E-state index contributed by atoms with van der Waals surface area (Å²) in [5, 5.41) is 3.19. The van der Waals surface area contributed by atoms with E-state index in [1.165, 1.54) is 6.07 Å². The first-order chi connectivity index (χ1) is 13.9. The molecule has 1 aromatic heterocycles. The van der Waals surface area contributed by atoms with Gasteiger partial charge in [-0.2, -0.15) is 0 Å². The lowest BCUT2D eigenvalue weighted by Crippen LogP contribution is -2.28. The molecule has 3 aromatic rings. The molecule has 0 radical (unpaired) electrons. The molecule has 0 aliphatic carbocycles. The van der Waals surface area contributed by atoms with Crippen LogP contribution < -0.4 is 10.9 Å². The zero-order valence-corrected chi connectivity index (χ0v) is 16.0. The normalized spacial score (nSPS) is 14.9. The Balaban J connectivity index is 1.63. The summed E-state index contributed by atoms with van der Waals surface area (Å²) in [6.07, 6.45) is 3.74. The molecule has 1 aliphatic rings. The van der Waals surface area contributed by atoms with Crippen LogP contribution in [0.2, 0.25) is 0 Å². The van der Waals surface area contributed by atoms with Gasteiger partial charge in [0.05, 0.1) is 16.9 Å². The average Bonchev–Trinajstić information content (AvgIpc) is 2.93. The van der Waals surface area contributed by atoms with Gasteiger partial charge in [-0.1, -0.05) is 12.5 Å². The Kier molecular flexibility index (Phi) is 5.13. The third-order valence-corrected chi connectivity index (χ3v) is 5.36. The molecule has 0 saturated carbocycles. The van der Waals surface area contributed by atoms with Gasteiger partial charge < -0.3 is 5.32 Å². The molecule has 7 heteroatoms. The Morgan fingerprint density at radius 3 is 2.76 bits per heavy atom. The number of rotatable bonds is 3. The van der Waals surface area contributed by atoms with Gasteiger partial charge >= 0.3 is 0 Å². The van der Waals surface area contributed by atoms with Crippen LogP contribution in [-0.2, 0) is 13.0 Å². The van der Waals surface area contributed by atoms with E-state index >= 15 is 0 Å². The highest BCUT2D eigenvalue weighted by molar-refractivity contribution is 5.97. The molecule has 1 aliphatic heterocycles. The number of fused-ring (bicyclic) bond motifs is 2. The zero-order valence-electron chi connectivity index (χ0n) is 16.0. The van der Waals surface area contributed by atoms with Crippen LogP contribution in [0.4, 0.5) is 8.78 Å². The molecular weight excluding hydrogens is 376 g/mol. The quantitative estimate of drug-likeness (QED) is 0.729. The summed E-state index contributed by atoms with van der Waals surface area (Å²) in [7, 11) is 0. The van der Waals surface area contributed by atoms with Gasteiger partial charge in [-0.25, -0.2) is 13.8 Å². The second-order valence-corrected chi connectivity index (χ2v) is 7.39. The number of carbonyl (C=O) groups is 1. The molecule has 0 fully saturated rings. The molecule has 2 heterocycles. The van der Waals surface area contributed by atoms with Crippen LogP contribution in [0.5, 0.6) is 0 Å². The second-order valence-electron chi connectivity index (χ2n) is 7.39. The monoisotopic (exact) mass is 397 g/mol. The maximum atomic E-state index is 14.0. The minimum absolute atomic E-state index is 0.0828. The molecule has 4 rings (SSSR count). The predicted molar refractivity (Wildman–Crippen MR) is 106 cm³/mol. The van der Waals surface area contributed by atoms with Crippen molar-refractivity contribution in [1.29, 1.82) is 0 Å². The second kappa shape index (κ2) is 7.73. The smallest absolute Gasteiger partial charge is 0.261 e. The van der Waals surface area contributed by atoms with Crippen molar-refractivity contribution < 1.29 is 13.6 Å². The van der Waals surface area contributed by atoms with Crippen molar-refractivity contribution in [3.05, 3.63) is 75.3 Å². The van der Waals surface area contributed by atoms with Gasteiger partial charge in [-0.05, 0) is 44.0 Å². The summed E-state index contributed by atoms with van der Waals surface area (Å²) in [5.41, 5.74) is 0.927. The highest BCUT2D eigenvalue weighted by Gasteiger charge is 2.18. The number of nitrogens with zero attached hydrogens (tertiary/aromatic N) is 2. The average molecular weight is 397 g/mol. The fraction of sp³-hybridized carbons (Fsp3) is 0.318. The van der Waals surface area contributed by atoms with Crippen molar-refractivity contribution in [2.45, 2.75) is 45.2 Å². The maximum Gasteiger partial charge on any atom is 0.261 e. The van der Waals surface area contributed by atoms with Crippen LogP contribution in [0, 0.1) is 11.6 Å². The van der Waals surface area contributed by atoms with Gasteiger partial charge in [-0.3, -0.25) is 14.2 Å². The molecule has 0 saturated heterocycles. The lowest BCUT2D eigenvalue weighted by Gasteiger charge is -2.16. The Bertz CT molecular complexity index is 1160. The summed E-state index contributed by atoms with van der Waals surface area (Å²) >= 11 is 0. The lowest BCUT2D eigenvalue weighted by molar-refractivity contribution is 0.0939. The Morgan fingerprint density at radius 1 is 1.14 bits per heavy atom. The van der Waals surface area contributed by atoms with Gasteiger partial charge in [0.1, 0.15) is 17.5 Å². The highest BCUT2D eigenvalue weighted by Crippen LogP contribution is 2.20. The van der Waals surface area contributed by atoms with Crippen LogP contribution in [0.3, 0.4) is 0 Å². The Hall–Kier alpha value is -3.09. The van der Waals surface area contributed by atoms with Crippen molar-refractivity contribution in [3.8, 4) is 0 Å². The minimum Gasteiger partial charge on any atom is -0.345 e. The lowest BCUT2D eigenvalue weighted by atomic mass is 10.1. The van der Waals surface area contributed by atoms with E-state index in [1.807, 2.05) is 0 Å². The molecule has 0 bridgehead atoms. The van der Waals surface area contributed by atoms with Crippen LogP contribution >= 0.6 is 0 Å². The van der Waals surface area contributed by atoms with E-state index in [1.54, 1.807) is 29.7 Å². The summed E-state index contributed by atoms with van der Waals surface area (Å²) in [6.45, 7) is 2.29. The van der Waals surface area contributed by atoms with E-state index in [2.05, 4.69) is 10.3 Å². The number of amides is 1. The fourth-order valence-corrected chi connectivity index (χ4v) is 3.77. The fourth-order valence-electron chi connectivity index (χ4n) is 3.77. The minimum atomic E-state index is -0.714. The van der Waals surface area contributed by atoms with E-state index in [9.17, 15) is 18.4 Å². The maximum absolute atomic E-state index is 14.0. The van der Waals surface area contributed by atoms with Crippen molar-refractivity contribution in [1.82, 2.24) is 14.9 Å². The number of nitrogens with one attached hydrogen (secondary N) is 1. The summed E-state index contributed by atoms with van der Waals surface area (Å²) in [5.74, 6) is -1.05. The molecule has 1 N–H and O–H groups in total. The summed E-state index contributed by atoms with van der Waals surface area (Å²) in [4.78, 5) is 30.1. The first-order valence-corrected chi connectivity index (χ1v) is 9.73. The first-order valence-electron chi connectivity index (χ1n) is 9.73. The van der Waals surface area contributed by atoms with Gasteiger partial charge in [0.25, 0.3) is 11.5 Å². The van der Waals surface area contributed by atoms with Crippen molar-refractivity contribution in [3.63, 3.8) is 0 Å². The molecule has 1 amide bonds. The van der Waals surface area contributed by atoms with Crippen LogP contribution in [0.15, 0.2) is 41.2 Å². The molecule has 150 valence electrons. The van der Waals surface area contributed by atoms with Gasteiger partial charge in [-0.15, -0.1) is 0 Å². The highest BCUT2D eigenvalue weighted by atomic mass is 19.1. The van der Waals surface area contributed by atoms with Crippen LogP contribution in [-0.4, -0.2) is 15.5 Å². The molecule has 1 unspecified atom stereocenters. The number of carbonyl (C=O) groups excluding carboxylic acids is 1. The molecule has 29 heavy (non-hydrogen) atoms. The molecule has 0 spiro atoms. The van der Waals surface area contributed by atoms with Crippen molar-refractivity contribution in [2.24, 2.45) is 0 Å². The van der Waals surface area contributed by atoms with Crippen LogP contribution in [0.1, 0.15) is 54.0 Å². The Labute approximate surface area is 166 Å². The largest absolute Gasteiger partial charge is 0.345 e. The standard InChI is InChI=1S/C22H21F2N3O2/c1-13(16-9-7-15(23)12-18(16)24)25-21(28)14-6-8-17-19(11-14)26-20-5-3-2-4-10-27(20)22(17)29/h6-9,11-13H,2-5,10H2,1H3,(H,25,28). The number of hydrogen-bond donors (Lipinski definition) is 1. The van der Waals surface area contributed by atoms with Crippen molar-refractivity contribution in [2.75, 3.05) is 0 Å². The number of aromatic nitrogens is 2. The van der Waals surface area contributed by atoms with E-state index in [0.717, 1.165) is 43.6 Å². The van der Waals surface area contributed by atoms with Crippen LogP contribution in [0.25, 0.3) is 10.9 Å². The summed E-state index contributed by atoms with van der Waals surface area (Å²) < 4.78 is 28.8. The third-order valence-electron chi connectivity index (χ3n) is 5.36. The van der Waals surface area contributed by atoms with E-state index in [4.69, 9.17) is 0 Å². The third kappa shape index (κ3) is 3.77. The number of aryl methyl sites for hydroxylation is 1. The number of benzene rings is 2.